The number of fused-ring (bicyclic) bond motifs is 1. The van der Waals surface area contributed by atoms with E-state index in [1.807, 2.05) is 23.1 Å². The molecule has 7 heteroatoms. The molecule has 0 saturated carbocycles. The van der Waals surface area contributed by atoms with E-state index in [2.05, 4.69) is 21.1 Å². The molecule has 0 bridgehead atoms. The van der Waals surface area contributed by atoms with Gasteiger partial charge < -0.3 is 9.88 Å². The number of hydrogen-bond acceptors (Lipinski definition) is 4. The Morgan fingerprint density at radius 3 is 2.83 bits per heavy atom. The highest BCUT2D eigenvalue weighted by Crippen LogP contribution is 2.27. The SMILES string of the molecule is O=C(CCn1cncn1)N1CCC(c2nc3ccccc3[nH]2)CC1. The zero-order valence-electron chi connectivity index (χ0n) is 13.4. The lowest BCUT2D eigenvalue weighted by molar-refractivity contribution is -0.132. The van der Waals surface area contributed by atoms with Crippen molar-refractivity contribution in [2.24, 2.45) is 0 Å². The summed E-state index contributed by atoms with van der Waals surface area (Å²) in [6, 6.07) is 8.09. The van der Waals surface area contributed by atoms with Crippen molar-refractivity contribution in [3.63, 3.8) is 0 Å². The molecule has 1 amide bonds. The maximum absolute atomic E-state index is 12.3. The van der Waals surface area contributed by atoms with Crippen LogP contribution in [0.15, 0.2) is 36.9 Å². The maximum Gasteiger partial charge on any atom is 0.224 e. The van der Waals surface area contributed by atoms with Gasteiger partial charge in [0.25, 0.3) is 0 Å². The van der Waals surface area contributed by atoms with Crippen LogP contribution in [0.4, 0.5) is 0 Å². The second-order valence-corrected chi connectivity index (χ2v) is 6.20. The van der Waals surface area contributed by atoms with Crippen molar-refractivity contribution in [1.82, 2.24) is 29.6 Å². The van der Waals surface area contributed by atoms with Crippen LogP contribution in [0.1, 0.15) is 31.0 Å². The summed E-state index contributed by atoms with van der Waals surface area (Å²) in [5, 5.41) is 4.03. The molecular formula is C17H20N6O. The quantitative estimate of drug-likeness (QED) is 0.795. The third-order valence-electron chi connectivity index (χ3n) is 4.66. The smallest absolute Gasteiger partial charge is 0.224 e. The van der Waals surface area contributed by atoms with Crippen LogP contribution in [0.5, 0.6) is 0 Å². The number of H-pyrrole nitrogens is 1. The molecule has 124 valence electrons. The molecule has 1 saturated heterocycles. The third kappa shape index (κ3) is 3.02. The van der Waals surface area contributed by atoms with E-state index in [-0.39, 0.29) is 5.91 Å². The highest BCUT2D eigenvalue weighted by Gasteiger charge is 2.25. The average molecular weight is 324 g/mol. The molecule has 0 aliphatic carbocycles. The molecular weight excluding hydrogens is 304 g/mol. The summed E-state index contributed by atoms with van der Waals surface area (Å²) in [6.07, 6.45) is 5.51. The monoisotopic (exact) mass is 324 g/mol. The van der Waals surface area contributed by atoms with Gasteiger partial charge in [-0.25, -0.2) is 9.97 Å². The van der Waals surface area contributed by atoms with Crippen molar-refractivity contribution < 1.29 is 4.79 Å². The van der Waals surface area contributed by atoms with Crippen LogP contribution in [-0.4, -0.2) is 48.6 Å². The number of nitrogens with one attached hydrogen (secondary N) is 1. The van der Waals surface area contributed by atoms with Crippen molar-refractivity contribution in [3.8, 4) is 0 Å². The summed E-state index contributed by atoms with van der Waals surface area (Å²) < 4.78 is 1.69. The molecule has 24 heavy (non-hydrogen) atoms. The number of aryl methyl sites for hydroxylation is 1. The van der Waals surface area contributed by atoms with Crippen molar-refractivity contribution in [2.75, 3.05) is 13.1 Å². The fourth-order valence-corrected chi connectivity index (χ4v) is 3.28. The van der Waals surface area contributed by atoms with Gasteiger partial charge in [0.05, 0.1) is 17.6 Å². The van der Waals surface area contributed by atoms with Crippen molar-refractivity contribution in [2.45, 2.75) is 31.7 Å². The fraction of sp³-hybridized carbons (Fsp3) is 0.412. The number of rotatable bonds is 4. The topological polar surface area (TPSA) is 79.7 Å². The lowest BCUT2D eigenvalue weighted by Crippen LogP contribution is -2.38. The number of nitrogens with zero attached hydrogens (tertiary/aromatic N) is 5. The van der Waals surface area contributed by atoms with E-state index in [1.165, 1.54) is 6.33 Å². The standard InChI is InChI=1S/C17H20N6O/c24-16(7-10-23-12-18-11-19-23)22-8-5-13(6-9-22)17-20-14-3-1-2-4-15(14)21-17/h1-4,11-13H,5-10H2,(H,20,21). The van der Waals surface area contributed by atoms with Gasteiger partial charge in [-0.15, -0.1) is 0 Å². The van der Waals surface area contributed by atoms with Crippen LogP contribution in [0.25, 0.3) is 11.0 Å². The van der Waals surface area contributed by atoms with E-state index in [0.717, 1.165) is 42.8 Å². The lowest BCUT2D eigenvalue weighted by Gasteiger charge is -2.31. The summed E-state index contributed by atoms with van der Waals surface area (Å²) in [4.78, 5) is 26.3. The normalized spacial score (nSPS) is 15.9. The number of aromatic nitrogens is 5. The van der Waals surface area contributed by atoms with Crippen LogP contribution >= 0.6 is 0 Å². The number of imidazole rings is 1. The minimum absolute atomic E-state index is 0.188. The molecule has 1 fully saturated rings. The molecule has 0 radical (unpaired) electrons. The van der Waals surface area contributed by atoms with Crippen molar-refractivity contribution in [3.05, 3.63) is 42.7 Å². The summed E-state index contributed by atoms with van der Waals surface area (Å²) >= 11 is 0. The number of piperidine rings is 1. The number of likely N-dealkylation sites (tertiary alicyclic amines) is 1. The predicted octanol–water partition coefficient (Wildman–Crippen LogP) is 1.95. The van der Waals surface area contributed by atoms with E-state index in [4.69, 9.17) is 4.98 Å². The lowest BCUT2D eigenvalue weighted by atomic mass is 9.96. The maximum atomic E-state index is 12.3. The molecule has 4 rings (SSSR count). The van der Waals surface area contributed by atoms with E-state index in [9.17, 15) is 4.79 Å². The fourth-order valence-electron chi connectivity index (χ4n) is 3.28. The molecule has 0 spiro atoms. The number of hydrogen-bond donors (Lipinski definition) is 1. The van der Waals surface area contributed by atoms with E-state index in [0.29, 0.717) is 18.9 Å². The Hall–Kier alpha value is -2.70. The first kappa shape index (κ1) is 14.9. The van der Waals surface area contributed by atoms with Gasteiger partial charge in [-0.1, -0.05) is 12.1 Å². The zero-order valence-corrected chi connectivity index (χ0v) is 13.4. The minimum atomic E-state index is 0.188. The summed E-state index contributed by atoms with van der Waals surface area (Å²) in [7, 11) is 0. The van der Waals surface area contributed by atoms with E-state index in [1.54, 1.807) is 11.0 Å². The van der Waals surface area contributed by atoms with E-state index < -0.39 is 0 Å². The summed E-state index contributed by atoms with van der Waals surface area (Å²) in [6.45, 7) is 2.16. The minimum Gasteiger partial charge on any atom is -0.343 e. The first-order chi connectivity index (χ1) is 11.8. The van der Waals surface area contributed by atoms with Crippen LogP contribution in [0.3, 0.4) is 0 Å². The molecule has 1 aliphatic rings. The van der Waals surface area contributed by atoms with Gasteiger partial charge in [0.2, 0.25) is 5.91 Å². The van der Waals surface area contributed by atoms with Crippen molar-refractivity contribution in [1.29, 1.82) is 0 Å². The third-order valence-corrected chi connectivity index (χ3v) is 4.66. The largest absolute Gasteiger partial charge is 0.343 e. The summed E-state index contributed by atoms with van der Waals surface area (Å²) in [5.41, 5.74) is 2.10. The Kier molecular flexibility index (Phi) is 3.98. The average Bonchev–Trinajstić information content (AvgIpc) is 3.29. The predicted molar refractivity (Wildman–Crippen MR) is 89.3 cm³/mol. The van der Waals surface area contributed by atoms with Crippen LogP contribution in [0.2, 0.25) is 0 Å². The van der Waals surface area contributed by atoms with Gasteiger partial charge in [0.15, 0.2) is 0 Å². The molecule has 0 unspecified atom stereocenters. The van der Waals surface area contributed by atoms with Gasteiger partial charge in [-0.05, 0) is 25.0 Å². The highest BCUT2D eigenvalue weighted by molar-refractivity contribution is 5.76. The molecule has 1 N–H and O–H groups in total. The molecule has 3 aromatic rings. The van der Waals surface area contributed by atoms with Gasteiger partial charge in [-0.3, -0.25) is 9.48 Å². The van der Waals surface area contributed by atoms with Crippen LogP contribution < -0.4 is 0 Å². The van der Waals surface area contributed by atoms with Crippen LogP contribution in [0, 0.1) is 0 Å². The number of aromatic amines is 1. The van der Waals surface area contributed by atoms with Gasteiger partial charge in [0.1, 0.15) is 18.5 Å². The zero-order chi connectivity index (χ0) is 16.4. The molecule has 1 aliphatic heterocycles. The molecule has 1 aromatic carbocycles. The summed E-state index contributed by atoms with van der Waals surface area (Å²) in [5.74, 6) is 1.64. The second kappa shape index (κ2) is 6.43. The first-order valence-corrected chi connectivity index (χ1v) is 8.34. The molecule has 0 atom stereocenters. The molecule has 3 heterocycles. The Morgan fingerprint density at radius 1 is 1.25 bits per heavy atom. The second-order valence-electron chi connectivity index (χ2n) is 6.20. The Bertz CT molecular complexity index is 784. The Balaban J connectivity index is 1.33. The van der Waals surface area contributed by atoms with Gasteiger partial charge in [0, 0.05) is 25.4 Å². The first-order valence-electron chi connectivity index (χ1n) is 8.34. The number of para-hydroxylation sites is 2. The number of amides is 1. The van der Waals surface area contributed by atoms with Gasteiger partial charge >= 0.3 is 0 Å². The van der Waals surface area contributed by atoms with E-state index >= 15 is 0 Å². The molecule has 2 aromatic heterocycles. The van der Waals surface area contributed by atoms with Crippen molar-refractivity contribution >= 4 is 16.9 Å². The number of benzene rings is 1. The highest BCUT2D eigenvalue weighted by atomic mass is 16.2. The Morgan fingerprint density at radius 2 is 2.08 bits per heavy atom. The molecule has 7 nitrogen and oxygen atoms in total. The van der Waals surface area contributed by atoms with Gasteiger partial charge in [-0.2, -0.15) is 5.10 Å². The number of carbonyl (C=O) groups excluding carboxylic acids is 1. The Labute approximate surface area is 139 Å². The van der Waals surface area contributed by atoms with Crippen LogP contribution in [-0.2, 0) is 11.3 Å². The number of carbonyl (C=O) groups is 1.